The topological polar surface area (TPSA) is 40.5 Å². The first-order valence-corrected chi connectivity index (χ1v) is 10.1. The zero-order chi connectivity index (χ0) is 17.8. The Hall–Kier alpha value is -0.940. The van der Waals surface area contributed by atoms with Crippen LogP contribution in [0, 0.1) is 0 Å². The van der Waals surface area contributed by atoms with E-state index in [4.69, 9.17) is 10.2 Å². The fourth-order valence-corrected chi connectivity index (χ4v) is 3.23. The molecule has 0 spiro atoms. The van der Waals surface area contributed by atoms with Gasteiger partial charge in [0.05, 0.1) is 13.2 Å². The molecule has 0 bridgehead atoms. The Balaban J connectivity index is 0.000000254. The van der Waals surface area contributed by atoms with Gasteiger partial charge in [-0.2, -0.15) is 0 Å². The molecule has 0 aromatic heterocycles. The van der Waals surface area contributed by atoms with E-state index in [0.717, 1.165) is 11.5 Å². The molecule has 0 aliphatic heterocycles. The van der Waals surface area contributed by atoms with E-state index in [-0.39, 0.29) is 18.6 Å². The average molecular weight is 365 g/mol. The van der Waals surface area contributed by atoms with E-state index in [1.165, 1.54) is 15.4 Å². The highest BCUT2D eigenvalue weighted by molar-refractivity contribution is 7.99. The summed E-state index contributed by atoms with van der Waals surface area (Å²) in [6.07, 6.45) is 0. The van der Waals surface area contributed by atoms with Gasteiger partial charge in [0.1, 0.15) is 0 Å². The molecule has 0 aliphatic rings. The number of aliphatic hydroxyl groups is 2. The van der Waals surface area contributed by atoms with Crippen LogP contribution in [0.2, 0.25) is 0 Å². The normalized spacial score (nSPS) is 10.9. The summed E-state index contributed by atoms with van der Waals surface area (Å²) in [5, 5.41) is 17.2. The summed E-state index contributed by atoms with van der Waals surface area (Å²) in [6.45, 7) is 7.12. The molecule has 0 amide bonds. The minimum Gasteiger partial charge on any atom is -0.396 e. The van der Waals surface area contributed by atoms with Gasteiger partial charge in [0.2, 0.25) is 0 Å². The monoisotopic (exact) mass is 364 g/mol. The second-order valence-electron chi connectivity index (χ2n) is 6.23. The summed E-state index contributed by atoms with van der Waals surface area (Å²) < 4.78 is 0. The van der Waals surface area contributed by atoms with Crippen molar-refractivity contribution in [1.82, 2.24) is 0 Å². The second-order valence-corrected chi connectivity index (χ2v) is 8.57. The lowest BCUT2D eigenvalue weighted by Crippen LogP contribution is -2.10. The Bertz CT molecular complexity index is 548. The van der Waals surface area contributed by atoms with Gasteiger partial charge in [-0.25, -0.2) is 0 Å². The molecule has 2 rings (SSSR count). The Morgan fingerprint density at radius 3 is 1.58 bits per heavy atom. The lowest BCUT2D eigenvalue weighted by molar-refractivity contribution is 0.322. The predicted octanol–water partition coefficient (Wildman–Crippen LogP) is 4.84. The molecule has 24 heavy (non-hydrogen) atoms. The van der Waals surface area contributed by atoms with E-state index in [9.17, 15) is 0 Å². The fraction of sp³-hybridized carbons (Fsp3) is 0.400. The van der Waals surface area contributed by atoms with Crippen molar-refractivity contribution in [3.05, 3.63) is 60.2 Å². The van der Waals surface area contributed by atoms with Crippen LogP contribution in [0.5, 0.6) is 0 Å². The van der Waals surface area contributed by atoms with Gasteiger partial charge in [-0.15, -0.1) is 23.5 Å². The Kier molecular flexibility index (Phi) is 10.2. The zero-order valence-electron chi connectivity index (χ0n) is 14.7. The number of benzene rings is 2. The molecule has 2 aromatic carbocycles. The molecule has 2 N–H and O–H groups in total. The van der Waals surface area contributed by atoms with Crippen LogP contribution < -0.4 is 0 Å². The van der Waals surface area contributed by atoms with Gasteiger partial charge in [-0.3, -0.25) is 0 Å². The smallest absolute Gasteiger partial charge is 0.0525 e. The number of hydrogen-bond donors (Lipinski definition) is 2. The van der Waals surface area contributed by atoms with Crippen molar-refractivity contribution >= 4 is 23.5 Å². The van der Waals surface area contributed by atoms with Gasteiger partial charge >= 0.3 is 0 Å². The zero-order valence-corrected chi connectivity index (χ0v) is 16.4. The van der Waals surface area contributed by atoms with Gasteiger partial charge < -0.3 is 10.2 Å². The van der Waals surface area contributed by atoms with Crippen molar-refractivity contribution in [1.29, 1.82) is 0 Å². The summed E-state index contributed by atoms with van der Waals surface area (Å²) >= 11 is 3.36. The molecule has 0 aliphatic carbocycles. The van der Waals surface area contributed by atoms with Gasteiger partial charge in [-0.1, -0.05) is 51.1 Å². The number of hydrogen-bond acceptors (Lipinski definition) is 4. The molecule has 0 atom stereocenters. The van der Waals surface area contributed by atoms with E-state index in [1.807, 2.05) is 30.3 Å². The molecule has 4 heteroatoms. The average Bonchev–Trinajstić information content (AvgIpc) is 2.59. The highest BCUT2D eigenvalue weighted by Crippen LogP contribution is 2.25. The van der Waals surface area contributed by atoms with E-state index < -0.39 is 0 Å². The molecular formula is C20H28O2S2. The molecule has 0 saturated carbocycles. The molecule has 2 nitrogen and oxygen atoms in total. The number of aliphatic hydroxyl groups excluding tert-OH is 2. The molecule has 132 valence electrons. The van der Waals surface area contributed by atoms with Crippen LogP contribution in [0.1, 0.15) is 26.3 Å². The fourth-order valence-electron chi connectivity index (χ4n) is 1.89. The van der Waals surface area contributed by atoms with Crippen molar-refractivity contribution in [3.63, 3.8) is 0 Å². The van der Waals surface area contributed by atoms with Gasteiger partial charge in [0, 0.05) is 21.3 Å². The van der Waals surface area contributed by atoms with Crippen LogP contribution in [0.25, 0.3) is 0 Å². The Labute approximate surface area is 154 Å². The maximum atomic E-state index is 8.69. The maximum absolute atomic E-state index is 8.69. The Morgan fingerprint density at radius 2 is 1.17 bits per heavy atom. The molecule has 0 heterocycles. The van der Waals surface area contributed by atoms with Crippen molar-refractivity contribution in [3.8, 4) is 0 Å². The molecule has 0 radical (unpaired) electrons. The largest absolute Gasteiger partial charge is 0.396 e. The van der Waals surface area contributed by atoms with Crippen LogP contribution in [0.4, 0.5) is 0 Å². The molecule has 0 unspecified atom stereocenters. The van der Waals surface area contributed by atoms with Crippen molar-refractivity contribution in [2.24, 2.45) is 0 Å². The quantitative estimate of drug-likeness (QED) is 0.720. The third-order valence-electron chi connectivity index (χ3n) is 3.18. The van der Waals surface area contributed by atoms with Crippen molar-refractivity contribution in [2.45, 2.75) is 36.0 Å². The first kappa shape index (κ1) is 21.1. The van der Waals surface area contributed by atoms with Crippen molar-refractivity contribution < 1.29 is 10.2 Å². The molecule has 2 aromatic rings. The summed E-state index contributed by atoms with van der Waals surface area (Å²) in [5.41, 5.74) is 1.58. The SMILES string of the molecule is CC(C)(C)c1ccc(SCCO)cc1.OCCSc1ccccc1. The molecular weight excluding hydrogens is 336 g/mol. The van der Waals surface area contributed by atoms with E-state index in [2.05, 4.69) is 45.0 Å². The van der Waals surface area contributed by atoms with E-state index >= 15 is 0 Å². The minimum atomic E-state index is 0.222. The number of thioether (sulfide) groups is 2. The van der Waals surface area contributed by atoms with E-state index in [1.54, 1.807) is 23.5 Å². The van der Waals surface area contributed by atoms with Crippen LogP contribution in [-0.2, 0) is 5.41 Å². The molecule has 0 saturated heterocycles. The summed E-state index contributed by atoms with van der Waals surface area (Å²) in [6, 6.07) is 18.7. The van der Waals surface area contributed by atoms with E-state index in [0.29, 0.717) is 0 Å². The highest BCUT2D eigenvalue weighted by atomic mass is 32.2. The lowest BCUT2D eigenvalue weighted by atomic mass is 9.87. The standard InChI is InChI=1S/C12H18OS.C8H10OS/c1-12(2,3)10-4-6-11(7-5-10)14-9-8-13;9-6-7-10-8-4-2-1-3-5-8/h4-7,13H,8-9H2,1-3H3;1-5,9H,6-7H2. The van der Waals surface area contributed by atoms with Gasteiger partial charge in [0.15, 0.2) is 0 Å². The molecule has 0 fully saturated rings. The van der Waals surface area contributed by atoms with Crippen LogP contribution in [0.3, 0.4) is 0 Å². The third-order valence-corrected chi connectivity index (χ3v) is 5.17. The first-order valence-electron chi connectivity index (χ1n) is 8.10. The second kappa shape index (κ2) is 11.6. The van der Waals surface area contributed by atoms with Crippen LogP contribution in [-0.4, -0.2) is 34.9 Å². The lowest BCUT2D eigenvalue weighted by Gasteiger charge is -2.18. The summed E-state index contributed by atoms with van der Waals surface area (Å²) in [7, 11) is 0. The first-order chi connectivity index (χ1) is 11.5. The van der Waals surface area contributed by atoms with Crippen LogP contribution >= 0.6 is 23.5 Å². The minimum absolute atomic E-state index is 0.222. The van der Waals surface area contributed by atoms with Crippen molar-refractivity contribution in [2.75, 3.05) is 24.7 Å². The van der Waals surface area contributed by atoms with Gasteiger partial charge in [0.25, 0.3) is 0 Å². The summed E-state index contributed by atoms with van der Waals surface area (Å²) in [4.78, 5) is 2.45. The van der Waals surface area contributed by atoms with Crippen LogP contribution in [0.15, 0.2) is 64.4 Å². The maximum Gasteiger partial charge on any atom is 0.0525 e. The Morgan fingerprint density at radius 1 is 0.708 bits per heavy atom. The third kappa shape index (κ3) is 8.78. The van der Waals surface area contributed by atoms with Gasteiger partial charge in [-0.05, 0) is 35.2 Å². The summed E-state index contributed by atoms with van der Waals surface area (Å²) in [5.74, 6) is 1.55. The predicted molar refractivity (Wildman–Crippen MR) is 107 cm³/mol. The number of rotatable bonds is 6. The highest BCUT2D eigenvalue weighted by Gasteiger charge is 2.12.